The Labute approximate surface area is 211 Å². The Morgan fingerprint density at radius 2 is 1.44 bits per heavy atom. The molecule has 0 saturated carbocycles. The van der Waals surface area contributed by atoms with Crippen LogP contribution >= 0.6 is 23.4 Å². The molecular weight excluding hydrogens is 464 g/mol. The van der Waals surface area contributed by atoms with Crippen LogP contribution < -0.4 is 5.32 Å². The van der Waals surface area contributed by atoms with Gasteiger partial charge in [0.25, 0.3) is 0 Å². The first-order chi connectivity index (χ1) is 16.4. The van der Waals surface area contributed by atoms with Gasteiger partial charge >= 0.3 is 0 Å². The number of carbonyl (C=O) groups excluding carboxylic acids is 2. The Hall–Kier alpha value is -2.76. The Kier molecular flexibility index (Phi) is 10.0. The summed E-state index contributed by atoms with van der Waals surface area (Å²) in [5.74, 6) is 0.799. The molecule has 3 aromatic carbocycles. The second kappa shape index (κ2) is 13.2. The summed E-state index contributed by atoms with van der Waals surface area (Å²) in [5, 5.41) is 3.71. The van der Waals surface area contributed by atoms with Crippen molar-refractivity contribution in [1.29, 1.82) is 0 Å². The van der Waals surface area contributed by atoms with Crippen LogP contribution in [0, 0.1) is 0 Å². The van der Waals surface area contributed by atoms with Gasteiger partial charge in [-0.05, 0) is 42.7 Å². The van der Waals surface area contributed by atoms with Crippen LogP contribution in [0.5, 0.6) is 0 Å². The van der Waals surface area contributed by atoms with E-state index in [1.54, 1.807) is 16.7 Å². The topological polar surface area (TPSA) is 49.4 Å². The predicted octanol–water partition coefficient (Wildman–Crippen LogP) is 5.74. The number of hydrogen-bond donors (Lipinski definition) is 1. The number of nitrogens with zero attached hydrogens (tertiary/aromatic N) is 1. The highest BCUT2D eigenvalue weighted by atomic mass is 35.5. The minimum Gasteiger partial charge on any atom is -0.352 e. The normalized spacial score (nSPS) is 11.8. The lowest BCUT2D eigenvalue weighted by Gasteiger charge is -2.32. The zero-order valence-electron chi connectivity index (χ0n) is 19.6. The smallest absolute Gasteiger partial charge is 0.243 e. The second-order valence-electron chi connectivity index (χ2n) is 8.50. The summed E-state index contributed by atoms with van der Waals surface area (Å²) in [6.45, 7) is 4.25. The number of carbonyl (C=O) groups is 2. The first-order valence-corrected chi connectivity index (χ1v) is 13.0. The molecule has 0 aromatic heterocycles. The monoisotopic (exact) mass is 494 g/mol. The molecule has 2 amide bonds. The molecule has 3 aromatic rings. The van der Waals surface area contributed by atoms with Crippen molar-refractivity contribution in [3.63, 3.8) is 0 Å². The standard InChI is InChI=1S/C28H31ClN2O2S/c1-21(2)30-28(33)26(17-22-9-5-3-6-10-22)31(18-23-11-7-4-8-12-23)27(32)20-34-19-24-13-15-25(29)16-14-24/h3-16,21,26H,17-20H2,1-2H3,(H,30,33)/t26-/m1/s1. The summed E-state index contributed by atoms with van der Waals surface area (Å²) >= 11 is 7.52. The molecule has 0 spiro atoms. The summed E-state index contributed by atoms with van der Waals surface area (Å²) in [4.78, 5) is 28.5. The van der Waals surface area contributed by atoms with Gasteiger partial charge in [0, 0.05) is 29.8 Å². The van der Waals surface area contributed by atoms with Crippen LogP contribution in [0.2, 0.25) is 5.02 Å². The lowest BCUT2D eigenvalue weighted by molar-refractivity contribution is -0.139. The highest BCUT2D eigenvalue weighted by molar-refractivity contribution is 7.99. The van der Waals surface area contributed by atoms with Crippen LogP contribution in [0.25, 0.3) is 0 Å². The zero-order chi connectivity index (χ0) is 24.3. The Bertz CT molecular complexity index is 1040. The molecule has 0 aliphatic rings. The predicted molar refractivity (Wildman–Crippen MR) is 142 cm³/mol. The highest BCUT2D eigenvalue weighted by Crippen LogP contribution is 2.19. The third kappa shape index (κ3) is 8.23. The van der Waals surface area contributed by atoms with E-state index in [1.165, 1.54) is 0 Å². The quantitative estimate of drug-likeness (QED) is 0.370. The average Bonchev–Trinajstić information content (AvgIpc) is 2.83. The number of amides is 2. The van der Waals surface area contributed by atoms with E-state index >= 15 is 0 Å². The average molecular weight is 495 g/mol. The molecule has 0 aliphatic carbocycles. The number of rotatable bonds is 11. The Balaban J connectivity index is 1.81. The zero-order valence-corrected chi connectivity index (χ0v) is 21.2. The fourth-order valence-corrected chi connectivity index (χ4v) is 4.63. The van der Waals surface area contributed by atoms with Crippen molar-refractivity contribution in [3.05, 3.63) is 107 Å². The summed E-state index contributed by atoms with van der Waals surface area (Å²) in [6.07, 6.45) is 0.458. The van der Waals surface area contributed by atoms with Crippen molar-refractivity contribution >= 4 is 35.2 Å². The fourth-order valence-electron chi connectivity index (χ4n) is 3.63. The van der Waals surface area contributed by atoms with Crippen molar-refractivity contribution in [2.75, 3.05) is 5.75 Å². The van der Waals surface area contributed by atoms with Gasteiger partial charge in [-0.2, -0.15) is 0 Å². The molecule has 6 heteroatoms. The van der Waals surface area contributed by atoms with Gasteiger partial charge in [-0.3, -0.25) is 9.59 Å². The van der Waals surface area contributed by atoms with E-state index in [1.807, 2.05) is 98.8 Å². The maximum absolute atomic E-state index is 13.5. The van der Waals surface area contributed by atoms with Crippen LogP contribution in [0.1, 0.15) is 30.5 Å². The third-order valence-corrected chi connectivity index (χ3v) is 6.55. The molecule has 0 fully saturated rings. The number of halogens is 1. The summed E-state index contributed by atoms with van der Waals surface area (Å²) < 4.78 is 0. The van der Waals surface area contributed by atoms with E-state index in [0.717, 1.165) is 16.7 Å². The first-order valence-electron chi connectivity index (χ1n) is 11.4. The van der Waals surface area contributed by atoms with Crippen LogP contribution in [0.4, 0.5) is 0 Å². The fraction of sp³-hybridized carbons (Fsp3) is 0.286. The maximum atomic E-state index is 13.5. The molecule has 0 aliphatic heterocycles. The van der Waals surface area contributed by atoms with Crippen molar-refractivity contribution in [2.45, 2.75) is 44.6 Å². The van der Waals surface area contributed by atoms with Gasteiger partial charge in [0.15, 0.2) is 0 Å². The maximum Gasteiger partial charge on any atom is 0.243 e. The SMILES string of the molecule is CC(C)NC(=O)[C@@H](Cc1ccccc1)N(Cc1ccccc1)C(=O)CSCc1ccc(Cl)cc1. The lowest BCUT2D eigenvalue weighted by Crippen LogP contribution is -2.52. The lowest BCUT2D eigenvalue weighted by atomic mass is 10.0. The minimum atomic E-state index is -0.603. The third-order valence-electron chi connectivity index (χ3n) is 5.31. The molecular formula is C28H31ClN2O2S. The molecule has 0 heterocycles. The summed E-state index contributed by atoms with van der Waals surface area (Å²) in [7, 11) is 0. The van der Waals surface area contributed by atoms with Crippen LogP contribution in [0.15, 0.2) is 84.9 Å². The van der Waals surface area contributed by atoms with Crippen molar-refractivity contribution < 1.29 is 9.59 Å². The summed E-state index contributed by atoms with van der Waals surface area (Å²) in [6, 6.07) is 26.7. The number of hydrogen-bond acceptors (Lipinski definition) is 3. The second-order valence-corrected chi connectivity index (χ2v) is 9.92. The molecule has 4 nitrogen and oxygen atoms in total. The van der Waals surface area contributed by atoms with Gasteiger partial charge in [0.2, 0.25) is 11.8 Å². The van der Waals surface area contributed by atoms with Crippen LogP contribution in [-0.2, 0) is 28.3 Å². The first kappa shape index (κ1) is 25.9. The van der Waals surface area contributed by atoms with Crippen molar-refractivity contribution in [1.82, 2.24) is 10.2 Å². The number of nitrogens with one attached hydrogen (secondary N) is 1. The molecule has 0 saturated heterocycles. The summed E-state index contributed by atoms with van der Waals surface area (Å²) in [5.41, 5.74) is 3.12. The molecule has 178 valence electrons. The Morgan fingerprint density at radius 3 is 2.03 bits per heavy atom. The molecule has 34 heavy (non-hydrogen) atoms. The van der Waals surface area contributed by atoms with Gasteiger partial charge in [0.1, 0.15) is 6.04 Å². The minimum absolute atomic E-state index is 0.0151. The van der Waals surface area contributed by atoms with Gasteiger partial charge in [-0.15, -0.1) is 11.8 Å². The van der Waals surface area contributed by atoms with E-state index in [9.17, 15) is 9.59 Å². The van der Waals surface area contributed by atoms with E-state index in [-0.39, 0.29) is 23.6 Å². The van der Waals surface area contributed by atoms with E-state index in [0.29, 0.717) is 23.7 Å². The van der Waals surface area contributed by atoms with E-state index in [2.05, 4.69) is 5.32 Å². The Morgan fingerprint density at radius 1 is 0.853 bits per heavy atom. The van der Waals surface area contributed by atoms with Gasteiger partial charge in [0.05, 0.1) is 5.75 Å². The van der Waals surface area contributed by atoms with Gasteiger partial charge in [-0.25, -0.2) is 0 Å². The van der Waals surface area contributed by atoms with Crippen molar-refractivity contribution in [2.24, 2.45) is 0 Å². The van der Waals surface area contributed by atoms with Crippen molar-refractivity contribution in [3.8, 4) is 0 Å². The van der Waals surface area contributed by atoms with E-state index < -0.39 is 6.04 Å². The molecule has 1 atom stereocenters. The van der Waals surface area contributed by atoms with Gasteiger partial charge in [-0.1, -0.05) is 84.4 Å². The van der Waals surface area contributed by atoms with Crippen LogP contribution in [0.3, 0.4) is 0 Å². The molecule has 0 radical (unpaired) electrons. The molecule has 1 N–H and O–H groups in total. The number of thioether (sulfide) groups is 1. The largest absolute Gasteiger partial charge is 0.352 e. The molecule has 0 unspecified atom stereocenters. The molecule has 0 bridgehead atoms. The molecule has 3 rings (SSSR count). The number of benzene rings is 3. The highest BCUT2D eigenvalue weighted by Gasteiger charge is 2.30. The van der Waals surface area contributed by atoms with E-state index in [4.69, 9.17) is 11.6 Å². The van der Waals surface area contributed by atoms with Crippen LogP contribution in [-0.4, -0.2) is 34.6 Å². The van der Waals surface area contributed by atoms with Gasteiger partial charge < -0.3 is 10.2 Å².